The molecule has 0 aliphatic heterocycles. The fraction of sp³-hybridized carbons (Fsp3) is 0.118. The summed E-state index contributed by atoms with van der Waals surface area (Å²) in [5.41, 5.74) is 13.8. The predicted octanol–water partition coefficient (Wildman–Crippen LogP) is 2.73. The average Bonchev–Trinajstić information content (AvgIpc) is 2.52. The van der Waals surface area contributed by atoms with E-state index in [0.29, 0.717) is 16.3 Å². The van der Waals surface area contributed by atoms with Gasteiger partial charge in [-0.1, -0.05) is 29.8 Å². The standard InChI is InChI=1S/C17H18ClN3O2/c1-10-2-7-13(14(19)8-10)16(22)15(20)17(23)21-9-11-3-5-12(18)6-4-11/h2-8,22H,9,19-20H2,1H3,(H,21,23)/b16-15+. The van der Waals surface area contributed by atoms with Crippen LogP contribution in [-0.2, 0) is 11.3 Å². The van der Waals surface area contributed by atoms with E-state index in [-0.39, 0.29) is 18.0 Å². The van der Waals surface area contributed by atoms with Crippen molar-refractivity contribution in [2.75, 3.05) is 5.73 Å². The van der Waals surface area contributed by atoms with Gasteiger partial charge in [-0.2, -0.15) is 0 Å². The number of amides is 1. The maximum absolute atomic E-state index is 12.1. The molecule has 6 heteroatoms. The molecule has 0 bridgehead atoms. The Morgan fingerprint density at radius 1 is 1.22 bits per heavy atom. The summed E-state index contributed by atoms with van der Waals surface area (Å²) in [6.07, 6.45) is 0. The molecule has 2 rings (SSSR count). The molecule has 0 saturated heterocycles. The Bertz CT molecular complexity index is 755. The molecule has 0 aliphatic rings. The molecule has 120 valence electrons. The monoisotopic (exact) mass is 331 g/mol. The number of nitrogens with two attached hydrogens (primary N) is 2. The summed E-state index contributed by atoms with van der Waals surface area (Å²) in [7, 11) is 0. The van der Waals surface area contributed by atoms with Gasteiger partial charge in [-0.25, -0.2) is 0 Å². The van der Waals surface area contributed by atoms with E-state index in [1.54, 1.807) is 42.5 Å². The van der Waals surface area contributed by atoms with E-state index in [9.17, 15) is 9.90 Å². The second kappa shape index (κ2) is 7.07. The summed E-state index contributed by atoms with van der Waals surface area (Å²) in [5.74, 6) is -0.909. The van der Waals surface area contributed by atoms with Crippen LogP contribution in [0.5, 0.6) is 0 Å². The first kappa shape index (κ1) is 16.7. The second-order valence-corrected chi connectivity index (χ2v) is 5.60. The van der Waals surface area contributed by atoms with Crippen molar-refractivity contribution in [3.8, 4) is 0 Å². The number of aliphatic hydroxyl groups excluding tert-OH is 1. The van der Waals surface area contributed by atoms with Crippen molar-refractivity contribution >= 4 is 29.0 Å². The molecule has 0 aromatic heterocycles. The van der Waals surface area contributed by atoms with E-state index in [1.807, 2.05) is 6.92 Å². The molecular weight excluding hydrogens is 314 g/mol. The Morgan fingerprint density at radius 2 is 1.87 bits per heavy atom. The topological polar surface area (TPSA) is 101 Å². The van der Waals surface area contributed by atoms with Gasteiger partial charge in [0.1, 0.15) is 5.70 Å². The normalized spacial score (nSPS) is 11.7. The van der Waals surface area contributed by atoms with Gasteiger partial charge in [-0.15, -0.1) is 0 Å². The zero-order chi connectivity index (χ0) is 17.0. The second-order valence-electron chi connectivity index (χ2n) is 5.16. The van der Waals surface area contributed by atoms with Crippen molar-refractivity contribution in [1.82, 2.24) is 5.32 Å². The number of benzene rings is 2. The first-order valence-electron chi connectivity index (χ1n) is 6.96. The summed E-state index contributed by atoms with van der Waals surface area (Å²) in [6.45, 7) is 2.15. The largest absolute Gasteiger partial charge is 0.505 e. The van der Waals surface area contributed by atoms with E-state index < -0.39 is 5.91 Å². The molecule has 2 aromatic rings. The van der Waals surface area contributed by atoms with E-state index in [2.05, 4.69) is 5.32 Å². The third-order valence-electron chi connectivity index (χ3n) is 3.33. The number of rotatable bonds is 4. The van der Waals surface area contributed by atoms with Crippen molar-refractivity contribution in [2.45, 2.75) is 13.5 Å². The highest BCUT2D eigenvalue weighted by Crippen LogP contribution is 2.22. The molecule has 0 aliphatic carbocycles. The molecule has 0 radical (unpaired) electrons. The van der Waals surface area contributed by atoms with Crippen LogP contribution in [0.1, 0.15) is 16.7 Å². The minimum atomic E-state index is -0.572. The summed E-state index contributed by atoms with van der Waals surface area (Å²) >= 11 is 5.80. The molecule has 0 heterocycles. The third kappa shape index (κ3) is 4.17. The molecule has 0 saturated carbocycles. The van der Waals surface area contributed by atoms with Crippen LogP contribution in [0.15, 0.2) is 48.2 Å². The van der Waals surface area contributed by atoms with E-state index >= 15 is 0 Å². The molecule has 23 heavy (non-hydrogen) atoms. The lowest BCUT2D eigenvalue weighted by Gasteiger charge is -2.10. The third-order valence-corrected chi connectivity index (χ3v) is 3.58. The highest BCUT2D eigenvalue weighted by molar-refractivity contribution is 6.30. The number of anilines is 1. The number of aryl methyl sites for hydroxylation is 1. The van der Waals surface area contributed by atoms with Crippen LogP contribution in [0.2, 0.25) is 5.02 Å². The Hall–Kier alpha value is -2.66. The first-order chi connectivity index (χ1) is 10.9. The number of carbonyl (C=O) groups is 1. The van der Waals surface area contributed by atoms with E-state index in [1.165, 1.54) is 0 Å². The van der Waals surface area contributed by atoms with Crippen molar-refractivity contribution in [2.24, 2.45) is 5.73 Å². The summed E-state index contributed by atoms with van der Waals surface area (Å²) in [4.78, 5) is 12.1. The molecule has 0 fully saturated rings. The van der Waals surface area contributed by atoms with Crippen molar-refractivity contribution in [3.63, 3.8) is 0 Å². The number of nitrogen functional groups attached to an aromatic ring is 1. The van der Waals surface area contributed by atoms with Gasteiger partial charge in [-0.05, 0) is 42.3 Å². The van der Waals surface area contributed by atoms with Crippen LogP contribution in [0.4, 0.5) is 5.69 Å². The highest BCUT2D eigenvalue weighted by Gasteiger charge is 2.15. The number of hydrogen-bond donors (Lipinski definition) is 4. The van der Waals surface area contributed by atoms with Gasteiger partial charge >= 0.3 is 0 Å². The Balaban J connectivity index is 2.12. The molecule has 5 nitrogen and oxygen atoms in total. The van der Waals surface area contributed by atoms with Gasteiger partial charge in [0, 0.05) is 22.8 Å². The maximum Gasteiger partial charge on any atom is 0.271 e. The first-order valence-corrected chi connectivity index (χ1v) is 7.34. The minimum Gasteiger partial charge on any atom is -0.505 e. The quantitative estimate of drug-likeness (QED) is 0.393. The van der Waals surface area contributed by atoms with Gasteiger partial charge in [0.25, 0.3) is 5.91 Å². The number of nitrogens with one attached hydrogen (secondary N) is 1. The minimum absolute atomic E-state index is 0.271. The summed E-state index contributed by atoms with van der Waals surface area (Å²) in [5, 5.41) is 13.4. The number of carbonyl (C=O) groups excluding carboxylic acids is 1. The summed E-state index contributed by atoms with van der Waals surface area (Å²) < 4.78 is 0. The van der Waals surface area contributed by atoms with Crippen LogP contribution in [0, 0.1) is 6.92 Å². The SMILES string of the molecule is Cc1ccc(/C(O)=C(\N)C(=O)NCc2ccc(Cl)cc2)c(N)c1. The molecular formula is C17H18ClN3O2. The predicted molar refractivity (Wildman–Crippen MR) is 92.6 cm³/mol. The van der Waals surface area contributed by atoms with Gasteiger partial charge < -0.3 is 21.9 Å². The Morgan fingerprint density at radius 3 is 2.48 bits per heavy atom. The molecule has 0 spiro atoms. The zero-order valence-corrected chi connectivity index (χ0v) is 13.4. The van der Waals surface area contributed by atoms with E-state index in [4.69, 9.17) is 23.1 Å². The lowest BCUT2D eigenvalue weighted by atomic mass is 10.1. The van der Waals surface area contributed by atoms with Gasteiger partial charge in [0.05, 0.1) is 0 Å². The average molecular weight is 332 g/mol. The summed E-state index contributed by atoms with van der Waals surface area (Å²) in [6, 6.07) is 12.1. The smallest absolute Gasteiger partial charge is 0.271 e. The molecule has 0 unspecified atom stereocenters. The van der Waals surface area contributed by atoms with Gasteiger partial charge in [0.2, 0.25) is 0 Å². The molecule has 0 atom stereocenters. The van der Waals surface area contributed by atoms with Crippen LogP contribution in [-0.4, -0.2) is 11.0 Å². The Labute approximate surface area is 139 Å². The molecule has 6 N–H and O–H groups in total. The fourth-order valence-corrected chi connectivity index (χ4v) is 2.16. The van der Waals surface area contributed by atoms with Crippen LogP contribution in [0.3, 0.4) is 0 Å². The zero-order valence-electron chi connectivity index (χ0n) is 12.6. The van der Waals surface area contributed by atoms with Crippen LogP contribution >= 0.6 is 11.6 Å². The maximum atomic E-state index is 12.1. The van der Waals surface area contributed by atoms with Gasteiger partial charge in [-0.3, -0.25) is 4.79 Å². The number of halogens is 1. The van der Waals surface area contributed by atoms with Crippen LogP contribution < -0.4 is 16.8 Å². The molecule has 1 amide bonds. The van der Waals surface area contributed by atoms with Crippen molar-refractivity contribution < 1.29 is 9.90 Å². The van der Waals surface area contributed by atoms with E-state index in [0.717, 1.165) is 11.1 Å². The lowest BCUT2D eigenvalue weighted by molar-refractivity contribution is -0.117. The number of aliphatic hydroxyl groups is 1. The number of hydrogen-bond acceptors (Lipinski definition) is 4. The highest BCUT2D eigenvalue weighted by atomic mass is 35.5. The lowest BCUT2D eigenvalue weighted by Crippen LogP contribution is -2.29. The van der Waals surface area contributed by atoms with Crippen LogP contribution in [0.25, 0.3) is 5.76 Å². The fourth-order valence-electron chi connectivity index (χ4n) is 2.03. The van der Waals surface area contributed by atoms with Crippen molar-refractivity contribution in [3.05, 3.63) is 69.9 Å². The van der Waals surface area contributed by atoms with Crippen molar-refractivity contribution in [1.29, 1.82) is 0 Å². The Kier molecular flexibility index (Phi) is 5.13. The van der Waals surface area contributed by atoms with Gasteiger partial charge in [0.15, 0.2) is 5.76 Å². The molecule has 2 aromatic carbocycles.